The van der Waals surface area contributed by atoms with E-state index in [0.29, 0.717) is 0 Å². The van der Waals surface area contributed by atoms with Crippen molar-refractivity contribution in [3.63, 3.8) is 0 Å². The molecule has 1 rings (SSSR count). The number of hydrogen-bond acceptors (Lipinski definition) is 3. The normalized spacial score (nSPS) is 12.5. The van der Waals surface area contributed by atoms with E-state index in [1.807, 2.05) is 0 Å². The second-order valence-electron chi connectivity index (χ2n) is 4.38. The maximum Gasteiger partial charge on any atom is 0.265 e. The average Bonchev–Trinajstić information content (AvgIpc) is 2.71. The molecule has 0 N–H and O–H groups in total. The molecule has 0 radical (unpaired) electrons. The van der Waals surface area contributed by atoms with Crippen LogP contribution in [0, 0.1) is 6.92 Å². The van der Waals surface area contributed by atoms with Gasteiger partial charge in [0, 0.05) is 14.1 Å². The van der Waals surface area contributed by atoms with E-state index in [0.717, 1.165) is 34.8 Å². The summed E-state index contributed by atoms with van der Waals surface area (Å²) in [4.78, 5) is 19.0. The van der Waals surface area contributed by atoms with Crippen molar-refractivity contribution in [2.24, 2.45) is 0 Å². The molecule has 0 bridgehead atoms. The highest BCUT2D eigenvalue weighted by Crippen LogP contribution is 2.28. The number of aromatic nitrogens is 1. The highest BCUT2D eigenvalue weighted by Gasteiger charge is 2.19. The third kappa shape index (κ3) is 3.28. The van der Waals surface area contributed by atoms with E-state index < -0.39 is 0 Å². The molecule has 0 saturated carbocycles. The first kappa shape index (κ1) is 14.2. The quantitative estimate of drug-likeness (QED) is 0.755. The summed E-state index contributed by atoms with van der Waals surface area (Å²) in [6.07, 6.45) is 2.82. The highest BCUT2D eigenvalue weighted by molar-refractivity contribution is 7.13. The molecule has 1 atom stereocenters. The lowest BCUT2D eigenvalue weighted by atomic mass is 10.1. The molecule has 1 aromatic heterocycles. The molecule has 1 unspecified atom stereocenters. The van der Waals surface area contributed by atoms with Crippen molar-refractivity contribution in [3.05, 3.63) is 22.5 Å². The van der Waals surface area contributed by atoms with Gasteiger partial charge in [0.1, 0.15) is 4.88 Å². The van der Waals surface area contributed by atoms with Gasteiger partial charge in [-0.15, -0.1) is 17.3 Å². The Kier molecular flexibility index (Phi) is 5.12. The van der Waals surface area contributed by atoms with Crippen LogP contribution in [0.5, 0.6) is 0 Å². The molecule has 0 aromatic carbocycles. The molecular weight excluding hydrogens is 232 g/mol. The van der Waals surface area contributed by atoms with E-state index in [-0.39, 0.29) is 11.8 Å². The number of carbonyl (C=O) groups is 1. The molecule has 1 aromatic rings. The third-order valence-corrected chi connectivity index (χ3v) is 3.89. The van der Waals surface area contributed by atoms with Crippen LogP contribution in [-0.2, 0) is 6.42 Å². The standard InChI is InChI=1S/C13H21N2OS/c1-6-8-10-11(13(16)15(4)5)17-12(14-10)9(3)7-2/h9H,3,6-8H2,1-2,4-5H3/q-1. The van der Waals surface area contributed by atoms with Crippen LogP contribution in [-0.4, -0.2) is 29.9 Å². The van der Waals surface area contributed by atoms with Gasteiger partial charge in [-0.3, -0.25) is 4.79 Å². The number of rotatable bonds is 5. The van der Waals surface area contributed by atoms with Crippen LogP contribution >= 0.6 is 11.3 Å². The second-order valence-corrected chi connectivity index (χ2v) is 5.41. The Balaban J connectivity index is 3.09. The van der Waals surface area contributed by atoms with Crippen molar-refractivity contribution < 1.29 is 4.79 Å². The summed E-state index contributed by atoms with van der Waals surface area (Å²) in [7, 11) is 3.55. The number of thiazole rings is 1. The minimum absolute atomic E-state index is 0.0560. The van der Waals surface area contributed by atoms with Gasteiger partial charge in [-0.1, -0.05) is 26.7 Å². The molecule has 0 aliphatic heterocycles. The summed E-state index contributed by atoms with van der Waals surface area (Å²) in [5.41, 5.74) is 0.938. The summed E-state index contributed by atoms with van der Waals surface area (Å²) >= 11 is 1.50. The number of nitrogens with zero attached hydrogens (tertiary/aromatic N) is 2. The summed E-state index contributed by atoms with van der Waals surface area (Å²) in [6, 6.07) is 0. The lowest BCUT2D eigenvalue weighted by Gasteiger charge is -2.10. The van der Waals surface area contributed by atoms with E-state index in [9.17, 15) is 4.79 Å². The molecule has 4 heteroatoms. The van der Waals surface area contributed by atoms with E-state index in [1.54, 1.807) is 19.0 Å². The Morgan fingerprint density at radius 1 is 1.47 bits per heavy atom. The minimum atomic E-state index is 0.0560. The van der Waals surface area contributed by atoms with E-state index in [1.165, 1.54) is 11.3 Å². The Labute approximate surface area is 108 Å². The predicted octanol–water partition coefficient (Wildman–Crippen LogP) is 3.13. The molecule has 17 heavy (non-hydrogen) atoms. The van der Waals surface area contributed by atoms with Crippen LogP contribution in [0.4, 0.5) is 0 Å². The molecule has 0 aliphatic rings. The van der Waals surface area contributed by atoms with Crippen LogP contribution in [0.25, 0.3) is 0 Å². The van der Waals surface area contributed by atoms with Gasteiger partial charge in [-0.2, -0.15) is 0 Å². The summed E-state index contributed by atoms with van der Waals surface area (Å²) in [5, 5.41) is 0.987. The fourth-order valence-electron chi connectivity index (χ4n) is 1.50. The van der Waals surface area contributed by atoms with Crippen LogP contribution in [0.15, 0.2) is 0 Å². The Bertz CT molecular complexity index is 385. The first-order valence-electron chi connectivity index (χ1n) is 6.05. The van der Waals surface area contributed by atoms with Crippen LogP contribution in [0.1, 0.15) is 53.0 Å². The summed E-state index contributed by atoms with van der Waals surface area (Å²) in [5.74, 6) is 0.250. The molecule has 0 saturated heterocycles. The predicted molar refractivity (Wildman–Crippen MR) is 72.5 cm³/mol. The van der Waals surface area contributed by atoms with E-state index in [4.69, 9.17) is 0 Å². The van der Waals surface area contributed by atoms with Crippen molar-refractivity contribution in [1.82, 2.24) is 9.88 Å². The van der Waals surface area contributed by atoms with Crippen molar-refractivity contribution in [2.75, 3.05) is 14.1 Å². The van der Waals surface area contributed by atoms with Gasteiger partial charge in [0.15, 0.2) is 0 Å². The van der Waals surface area contributed by atoms with Gasteiger partial charge in [-0.25, -0.2) is 4.98 Å². The topological polar surface area (TPSA) is 33.2 Å². The Hall–Kier alpha value is -0.900. The number of aryl methyl sites for hydroxylation is 1. The molecular formula is C13H21N2OS-. The van der Waals surface area contributed by atoms with Crippen LogP contribution in [0.3, 0.4) is 0 Å². The zero-order valence-electron chi connectivity index (χ0n) is 11.1. The van der Waals surface area contributed by atoms with Gasteiger partial charge in [-0.05, 0) is 6.42 Å². The molecule has 0 aliphatic carbocycles. The molecule has 96 valence electrons. The Morgan fingerprint density at radius 2 is 2.12 bits per heavy atom. The number of amides is 1. The van der Waals surface area contributed by atoms with Gasteiger partial charge in [0.25, 0.3) is 5.91 Å². The first-order chi connectivity index (χ1) is 8.01. The smallest absolute Gasteiger partial charge is 0.265 e. The maximum atomic E-state index is 12.0. The van der Waals surface area contributed by atoms with Crippen molar-refractivity contribution in [2.45, 2.75) is 39.0 Å². The number of carbonyl (C=O) groups excluding carboxylic acids is 1. The van der Waals surface area contributed by atoms with Crippen LogP contribution < -0.4 is 0 Å². The summed E-state index contributed by atoms with van der Waals surface area (Å²) in [6.45, 7) is 8.26. The molecule has 3 nitrogen and oxygen atoms in total. The van der Waals surface area contributed by atoms with Crippen molar-refractivity contribution in [3.8, 4) is 0 Å². The van der Waals surface area contributed by atoms with Gasteiger partial charge in [0.2, 0.25) is 0 Å². The molecule has 1 amide bonds. The highest BCUT2D eigenvalue weighted by atomic mass is 32.1. The average molecular weight is 253 g/mol. The van der Waals surface area contributed by atoms with Gasteiger partial charge >= 0.3 is 0 Å². The zero-order chi connectivity index (χ0) is 13.0. The first-order valence-corrected chi connectivity index (χ1v) is 6.87. The molecule has 0 fully saturated rings. The van der Waals surface area contributed by atoms with Crippen molar-refractivity contribution >= 4 is 17.2 Å². The van der Waals surface area contributed by atoms with Gasteiger partial charge < -0.3 is 11.8 Å². The van der Waals surface area contributed by atoms with Crippen molar-refractivity contribution in [1.29, 1.82) is 0 Å². The minimum Gasteiger partial charge on any atom is -0.344 e. The molecule has 0 spiro atoms. The lowest BCUT2D eigenvalue weighted by molar-refractivity contribution is 0.0831. The zero-order valence-corrected chi connectivity index (χ0v) is 11.9. The monoisotopic (exact) mass is 253 g/mol. The van der Waals surface area contributed by atoms with E-state index in [2.05, 4.69) is 25.8 Å². The SMILES string of the molecule is [CH2-]C(CC)c1nc(CCC)c(C(=O)N(C)C)s1. The maximum absolute atomic E-state index is 12.0. The third-order valence-electron chi connectivity index (χ3n) is 2.64. The van der Waals surface area contributed by atoms with Gasteiger partial charge in [0.05, 0.1) is 10.7 Å². The molecule has 1 heterocycles. The number of hydrogen-bond donors (Lipinski definition) is 0. The second kappa shape index (κ2) is 6.15. The largest absolute Gasteiger partial charge is 0.344 e. The fraction of sp³-hybridized carbons (Fsp3) is 0.615. The fourth-order valence-corrected chi connectivity index (χ4v) is 2.73. The lowest BCUT2D eigenvalue weighted by Crippen LogP contribution is -2.21. The van der Waals surface area contributed by atoms with Crippen LogP contribution in [0.2, 0.25) is 0 Å². The Morgan fingerprint density at radius 3 is 2.59 bits per heavy atom. The summed E-state index contributed by atoms with van der Waals surface area (Å²) < 4.78 is 0. The van der Waals surface area contributed by atoms with E-state index >= 15 is 0 Å².